The number of aromatic nitrogens is 3. The van der Waals surface area contributed by atoms with Gasteiger partial charge in [0.2, 0.25) is 0 Å². The lowest BCUT2D eigenvalue weighted by molar-refractivity contribution is 0.360. The van der Waals surface area contributed by atoms with Gasteiger partial charge in [-0.1, -0.05) is 32.6 Å². The fourth-order valence-corrected chi connectivity index (χ4v) is 1.81. The topological polar surface area (TPSA) is 39.9 Å². The average molecular weight is 257 g/mol. The molecule has 0 unspecified atom stereocenters. The molecule has 0 radical (unpaired) electrons. The molecule has 0 aliphatic carbocycles. The highest BCUT2D eigenvalue weighted by Gasteiger charge is 2.10. The van der Waals surface area contributed by atoms with Crippen molar-refractivity contribution in [3.63, 3.8) is 0 Å². The second-order valence-electron chi connectivity index (χ2n) is 4.72. The van der Waals surface area contributed by atoms with Gasteiger partial charge >= 0.3 is 0 Å². The lowest BCUT2D eigenvalue weighted by Gasteiger charge is -2.13. The normalized spacial score (nSPS) is 10.7. The van der Waals surface area contributed by atoms with E-state index in [0.29, 0.717) is 12.5 Å². The Balaban J connectivity index is 2.43. The highest BCUT2D eigenvalue weighted by molar-refractivity contribution is 5.49. The van der Waals surface area contributed by atoms with Crippen molar-refractivity contribution >= 4 is 0 Å². The molecule has 1 aromatic heterocycles. The second kappa shape index (κ2) is 5.69. The van der Waals surface area contributed by atoms with E-state index in [-0.39, 0.29) is 0 Å². The Morgan fingerprint density at radius 2 is 2.21 bits per heavy atom. The summed E-state index contributed by atoms with van der Waals surface area (Å²) in [6.07, 6.45) is 3.43. The summed E-state index contributed by atoms with van der Waals surface area (Å²) in [4.78, 5) is 4.15. The molecule has 1 heterocycles. The Labute approximate surface area is 113 Å². The maximum absolute atomic E-state index is 5.73. The molecule has 0 N–H and O–H groups in total. The summed E-state index contributed by atoms with van der Waals surface area (Å²) in [6, 6.07) is 6.17. The van der Waals surface area contributed by atoms with Gasteiger partial charge in [0.1, 0.15) is 30.2 Å². The van der Waals surface area contributed by atoms with Gasteiger partial charge in [0, 0.05) is 0 Å². The lowest BCUT2D eigenvalue weighted by Crippen LogP contribution is -2.03. The Morgan fingerprint density at radius 3 is 2.79 bits per heavy atom. The number of rotatable bonds is 5. The predicted octanol–water partition coefficient (Wildman–Crippen LogP) is 3.26. The number of hydrogen-bond acceptors (Lipinski definition) is 3. The van der Waals surface area contributed by atoms with Crippen LogP contribution >= 0.6 is 0 Å². The maximum Gasteiger partial charge on any atom is 0.147 e. The van der Waals surface area contributed by atoms with Crippen LogP contribution in [0.2, 0.25) is 0 Å². The number of hydrogen-bond donors (Lipinski definition) is 0. The molecule has 1 aromatic carbocycles. The minimum atomic E-state index is 0.456. The van der Waals surface area contributed by atoms with Crippen LogP contribution in [-0.4, -0.2) is 21.4 Å². The molecule has 2 aromatic rings. The highest BCUT2D eigenvalue weighted by Crippen LogP contribution is 2.27. The van der Waals surface area contributed by atoms with E-state index in [4.69, 9.17) is 4.74 Å². The van der Waals surface area contributed by atoms with Crippen molar-refractivity contribution in [3.05, 3.63) is 48.6 Å². The number of nitrogens with zero attached hydrogens (tertiary/aromatic N) is 3. The first-order chi connectivity index (χ1) is 9.11. The molecular formula is C15H19N3O. The van der Waals surface area contributed by atoms with Crippen LogP contribution in [0.5, 0.6) is 5.75 Å². The molecule has 19 heavy (non-hydrogen) atoms. The summed E-state index contributed by atoms with van der Waals surface area (Å²) in [7, 11) is 0. The van der Waals surface area contributed by atoms with Crippen LogP contribution in [0.4, 0.5) is 0 Å². The molecule has 2 rings (SSSR count). The van der Waals surface area contributed by atoms with Gasteiger partial charge in [0.25, 0.3) is 0 Å². The molecule has 0 fully saturated rings. The molecular weight excluding hydrogens is 238 g/mol. The molecule has 0 bridgehead atoms. The van der Waals surface area contributed by atoms with Crippen LogP contribution in [0.1, 0.15) is 31.2 Å². The average Bonchev–Trinajstić information content (AvgIpc) is 2.82. The van der Waals surface area contributed by atoms with Crippen molar-refractivity contribution in [2.45, 2.75) is 26.7 Å². The van der Waals surface area contributed by atoms with Crippen LogP contribution in [0, 0.1) is 6.92 Å². The summed E-state index contributed by atoms with van der Waals surface area (Å²) >= 11 is 0. The summed E-state index contributed by atoms with van der Waals surface area (Å²) in [5.74, 6) is 2.00. The highest BCUT2D eigenvalue weighted by atomic mass is 16.5. The van der Waals surface area contributed by atoms with Crippen molar-refractivity contribution in [2.75, 3.05) is 6.61 Å². The van der Waals surface area contributed by atoms with Gasteiger partial charge in [-0.3, -0.25) is 0 Å². The number of ether oxygens (including phenoxy) is 1. The van der Waals surface area contributed by atoms with Gasteiger partial charge in [-0.15, -0.1) is 0 Å². The van der Waals surface area contributed by atoms with Crippen LogP contribution in [0.25, 0.3) is 5.69 Å². The Bertz CT molecular complexity index is 573. The van der Waals surface area contributed by atoms with E-state index in [2.05, 4.69) is 42.6 Å². The van der Waals surface area contributed by atoms with Crippen LogP contribution in [-0.2, 0) is 0 Å². The van der Waals surface area contributed by atoms with Gasteiger partial charge < -0.3 is 4.74 Å². The quantitative estimate of drug-likeness (QED) is 0.772. The number of benzene rings is 1. The molecule has 4 nitrogen and oxygen atoms in total. The van der Waals surface area contributed by atoms with Crippen molar-refractivity contribution < 1.29 is 4.74 Å². The molecule has 0 aliphatic heterocycles. The third-order valence-electron chi connectivity index (χ3n) is 2.86. The third-order valence-corrected chi connectivity index (χ3v) is 2.86. The zero-order valence-electron chi connectivity index (χ0n) is 11.6. The molecule has 100 valence electrons. The molecule has 0 atom stereocenters. The minimum Gasteiger partial charge on any atom is -0.487 e. The Hall–Kier alpha value is -2.10. The third kappa shape index (κ3) is 3.02. The minimum absolute atomic E-state index is 0.456. The lowest BCUT2D eigenvalue weighted by atomic mass is 10.0. The predicted molar refractivity (Wildman–Crippen MR) is 75.9 cm³/mol. The Morgan fingerprint density at radius 1 is 1.42 bits per heavy atom. The molecule has 4 heteroatoms. The molecule has 0 amide bonds. The molecule has 0 saturated carbocycles. The van der Waals surface area contributed by atoms with E-state index >= 15 is 0 Å². The summed E-state index contributed by atoms with van der Waals surface area (Å²) in [6.45, 7) is 10.3. The van der Waals surface area contributed by atoms with Gasteiger partial charge in [-0.25, -0.2) is 9.67 Å². The second-order valence-corrected chi connectivity index (χ2v) is 4.72. The first-order valence-corrected chi connectivity index (χ1v) is 6.38. The summed E-state index contributed by atoms with van der Waals surface area (Å²) < 4.78 is 7.47. The molecule has 0 saturated heterocycles. The van der Waals surface area contributed by atoms with E-state index in [1.807, 2.05) is 13.0 Å². The zero-order chi connectivity index (χ0) is 13.8. The summed E-state index contributed by atoms with van der Waals surface area (Å²) in [5.41, 5.74) is 2.13. The fraction of sp³-hybridized carbons (Fsp3) is 0.333. The van der Waals surface area contributed by atoms with Crippen molar-refractivity contribution in [3.8, 4) is 11.4 Å². The smallest absolute Gasteiger partial charge is 0.147 e. The maximum atomic E-state index is 5.73. The molecule has 0 aliphatic rings. The van der Waals surface area contributed by atoms with E-state index in [9.17, 15) is 0 Å². The van der Waals surface area contributed by atoms with Crippen LogP contribution in [0.15, 0.2) is 37.2 Å². The summed E-state index contributed by atoms with van der Waals surface area (Å²) in [5, 5.41) is 4.32. The Kier molecular flexibility index (Phi) is 4.00. The standard InChI is InChI=1S/C15H19N3O/c1-5-8-19-15-9-13(11(2)3)6-7-14(15)18-10-16-12(4)17-18/h5-7,9-11H,1,8H2,2-4H3. The van der Waals surface area contributed by atoms with E-state index < -0.39 is 0 Å². The monoisotopic (exact) mass is 257 g/mol. The van der Waals surface area contributed by atoms with Crippen molar-refractivity contribution in [2.24, 2.45) is 0 Å². The van der Waals surface area contributed by atoms with Crippen molar-refractivity contribution in [1.82, 2.24) is 14.8 Å². The zero-order valence-corrected chi connectivity index (χ0v) is 11.6. The van der Waals surface area contributed by atoms with Gasteiger partial charge in [0.05, 0.1) is 0 Å². The first-order valence-electron chi connectivity index (χ1n) is 6.38. The van der Waals surface area contributed by atoms with Gasteiger partial charge in [0.15, 0.2) is 0 Å². The fourth-order valence-electron chi connectivity index (χ4n) is 1.81. The SMILES string of the molecule is C=CCOc1cc(C(C)C)ccc1-n1cnc(C)n1. The van der Waals surface area contributed by atoms with Gasteiger partial charge in [-0.05, 0) is 30.5 Å². The first kappa shape index (κ1) is 13.3. The number of aryl methyl sites for hydroxylation is 1. The van der Waals surface area contributed by atoms with Crippen LogP contribution in [0.3, 0.4) is 0 Å². The van der Waals surface area contributed by atoms with E-state index in [1.54, 1.807) is 17.1 Å². The molecule has 0 spiro atoms. The van der Waals surface area contributed by atoms with Crippen molar-refractivity contribution in [1.29, 1.82) is 0 Å². The largest absolute Gasteiger partial charge is 0.487 e. The van der Waals surface area contributed by atoms with E-state index in [1.165, 1.54) is 5.56 Å². The van der Waals surface area contributed by atoms with Crippen LogP contribution < -0.4 is 4.74 Å². The van der Waals surface area contributed by atoms with Gasteiger partial charge in [-0.2, -0.15) is 5.10 Å². The van der Waals surface area contributed by atoms with E-state index in [0.717, 1.165) is 17.3 Å².